The van der Waals surface area contributed by atoms with Crippen LogP contribution in [-0.4, -0.2) is 35.9 Å². The van der Waals surface area contributed by atoms with Crippen molar-refractivity contribution in [3.8, 4) is 5.75 Å². The lowest BCUT2D eigenvalue weighted by Gasteiger charge is -2.29. The van der Waals surface area contributed by atoms with E-state index in [0.717, 1.165) is 24.0 Å². The number of hydrogen-bond acceptors (Lipinski definition) is 3. The SMILES string of the molecule is CCCCNC(=O)[C@@H](C)N(Cc1ccc(Cl)c(Cl)c1)C(=O)COc1cccc(C)c1. The van der Waals surface area contributed by atoms with E-state index in [0.29, 0.717) is 22.3 Å². The predicted octanol–water partition coefficient (Wildman–Crippen LogP) is 5.01. The fourth-order valence-corrected chi connectivity index (χ4v) is 3.21. The van der Waals surface area contributed by atoms with Crippen LogP contribution in [0.2, 0.25) is 10.0 Å². The van der Waals surface area contributed by atoms with E-state index < -0.39 is 6.04 Å². The van der Waals surface area contributed by atoms with Gasteiger partial charge in [0.2, 0.25) is 5.91 Å². The van der Waals surface area contributed by atoms with Crippen molar-refractivity contribution in [2.75, 3.05) is 13.2 Å². The lowest BCUT2D eigenvalue weighted by molar-refractivity contribution is -0.142. The van der Waals surface area contributed by atoms with Crippen molar-refractivity contribution in [3.05, 3.63) is 63.6 Å². The zero-order chi connectivity index (χ0) is 22.1. The molecule has 0 aromatic heterocycles. The number of amides is 2. The summed E-state index contributed by atoms with van der Waals surface area (Å²) in [5.74, 6) is 0.117. The van der Waals surface area contributed by atoms with Gasteiger partial charge in [-0.2, -0.15) is 0 Å². The standard InChI is InChI=1S/C23H28Cl2N2O3/c1-4-5-11-26-23(29)17(3)27(14-18-9-10-20(24)21(25)13-18)22(28)15-30-19-8-6-7-16(2)12-19/h6-10,12-13,17H,4-5,11,14-15H2,1-3H3,(H,26,29)/t17-/m1/s1. The van der Waals surface area contributed by atoms with Gasteiger partial charge in [-0.3, -0.25) is 9.59 Å². The molecule has 0 heterocycles. The third-order valence-electron chi connectivity index (χ3n) is 4.69. The van der Waals surface area contributed by atoms with Crippen LogP contribution in [0.3, 0.4) is 0 Å². The largest absolute Gasteiger partial charge is 0.484 e. The lowest BCUT2D eigenvalue weighted by atomic mass is 10.1. The summed E-state index contributed by atoms with van der Waals surface area (Å²) in [4.78, 5) is 27.1. The third kappa shape index (κ3) is 7.22. The van der Waals surface area contributed by atoms with Gasteiger partial charge in [-0.15, -0.1) is 0 Å². The smallest absolute Gasteiger partial charge is 0.261 e. The van der Waals surface area contributed by atoms with Crippen molar-refractivity contribution in [1.29, 1.82) is 0 Å². The van der Waals surface area contributed by atoms with Crippen LogP contribution >= 0.6 is 23.2 Å². The monoisotopic (exact) mass is 450 g/mol. The third-order valence-corrected chi connectivity index (χ3v) is 5.42. The fourth-order valence-electron chi connectivity index (χ4n) is 2.89. The molecule has 0 radical (unpaired) electrons. The Morgan fingerprint density at radius 2 is 1.90 bits per heavy atom. The fraction of sp³-hybridized carbons (Fsp3) is 0.391. The van der Waals surface area contributed by atoms with Crippen LogP contribution in [0.5, 0.6) is 5.75 Å². The van der Waals surface area contributed by atoms with Gasteiger partial charge in [-0.1, -0.05) is 54.7 Å². The molecule has 0 fully saturated rings. The zero-order valence-corrected chi connectivity index (χ0v) is 19.1. The number of halogens is 2. The molecule has 0 bridgehead atoms. The summed E-state index contributed by atoms with van der Waals surface area (Å²) < 4.78 is 5.67. The number of aryl methyl sites for hydroxylation is 1. The Morgan fingerprint density at radius 1 is 1.13 bits per heavy atom. The molecule has 0 saturated carbocycles. The first-order chi connectivity index (χ1) is 14.3. The quantitative estimate of drug-likeness (QED) is 0.517. The summed E-state index contributed by atoms with van der Waals surface area (Å²) in [6.45, 7) is 6.34. The van der Waals surface area contributed by atoms with Gasteiger partial charge in [0.15, 0.2) is 6.61 Å². The minimum Gasteiger partial charge on any atom is -0.484 e. The van der Waals surface area contributed by atoms with Gasteiger partial charge in [0.05, 0.1) is 10.0 Å². The normalized spacial score (nSPS) is 11.6. The van der Waals surface area contributed by atoms with Crippen LogP contribution in [0.1, 0.15) is 37.8 Å². The Hall–Kier alpha value is -2.24. The molecule has 0 aliphatic carbocycles. The van der Waals surface area contributed by atoms with Crippen LogP contribution in [0, 0.1) is 6.92 Å². The Kier molecular flexibility index (Phi) is 9.47. The second kappa shape index (κ2) is 11.8. The highest BCUT2D eigenvalue weighted by Crippen LogP contribution is 2.24. The van der Waals surface area contributed by atoms with Crippen molar-refractivity contribution in [3.63, 3.8) is 0 Å². The summed E-state index contributed by atoms with van der Waals surface area (Å²) in [5, 5.41) is 3.72. The Labute approximate surface area is 188 Å². The summed E-state index contributed by atoms with van der Waals surface area (Å²) in [6, 6.07) is 12.0. The van der Waals surface area contributed by atoms with Crippen molar-refractivity contribution in [2.45, 2.75) is 46.2 Å². The van der Waals surface area contributed by atoms with Gasteiger partial charge in [0.25, 0.3) is 5.91 Å². The molecule has 7 heteroatoms. The van der Waals surface area contributed by atoms with E-state index in [1.807, 2.05) is 25.1 Å². The van der Waals surface area contributed by atoms with E-state index in [-0.39, 0.29) is 25.0 Å². The first-order valence-corrected chi connectivity index (χ1v) is 10.8. The highest BCUT2D eigenvalue weighted by atomic mass is 35.5. The van der Waals surface area contributed by atoms with Gasteiger partial charge >= 0.3 is 0 Å². The molecular formula is C23H28Cl2N2O3. The Morgan fingerprint density at radius 3 is 2.57 bits per heavy atom. The number of rotatable bonds is 10. The zero-order valence-electron chi connectivity index (χ0n) is 17.6. The van der Waals surface area contributed by atoms with Gasteiger partial charge < -0.3 is 15.0 Å². The van der Waals surface area contributed by atoms with Gasteiger partial charge in [0.1, 0.15) is 11.8 Å². The second-order valence-electron chi connectivity index (χ2n) is 7.20. The minimum atomic E-state index is -0.662. The topological polar surface area (TPSA) is 58.6 Å². The van der Waals surface area contributed by atoms with Crippen molar-refractivity contribution < 1.29 is 14.3 Å². The first kappa shape index (κ1) is 24.0. The Balaban J connectivity index is 2.14. The van der Waals surface area contributed by atoms with E-state index in [9.17, 15) is 9.59 Å². The second-order valence-corrected chi connectivity index (χ2v) is 8.01. The number of nitrogens with one attached hydrogen (secondary N) is 1. The number of ether oxygens (including phenoxy) is 1. The molecule has 0 spiro atoms. The average molecular weight is 451 g/mol. The summed E-state index contributed by atoms with van der Waals surface area (Å²) >= 11 is 12.1. The molecule has 0 saturated heterocycles. The molecule has 0 aliphatic heterocycles. The van der Waals surface area contributed by atoms with Crippen LogP contribution in [0.15, 0.2) is 42.5 Å². The van der Waals surface area contributed by atoms with Crippen LogP contribution in [-0.2, 0) is 16.1 Å². The molecule has 2 aromatic carbocycles. The number of unbranched alkanes of at least 4 members (excludes halogenated alkanes) is 1. The molecule has 2 rings (SSSR count). The van der Waals surface area contributed by atoms with E-state index in [2.05, 4.69) is 12.2 Å². The van der Waals surface area contributed by atoms with Crippen LogP contribution in [0.25, 0.3) is 0 Å². The molecule has 1 N–H and O–H groups in total. The molecule has 0 aliphatic rings. The van der Waals surface area contributed by atoms with E-state index in [4.69, 9.17) is 27.9 Å². The predicted molar refractivity (Wildman–Crippen MR) is 121 cm³/mol. The lowest BCUT2D eigenvalue weighted by Crippen LogP contribution is -2.49. The summed E-state index contributed by atoms with van der Waals surface area (Å²) in [5.41, 5.74) is 1.82. The average Bonchev–Trinajstić information content (AvgIpc) is 2.72. The molecule has 30 heavy (non-hydrogen) atoms. The first-order valence-electron chi connectivity index (χ1n) is 10.0. The maximum Gasteiger partial charge on any atom is 0.261 e. The van der Waals surface area contributed by atoms with Crippen LogP contribution < -0.4 is 10.1 Å². The van der Waals surface area contributed by atoms with Crippen molar-refractivity contribution >= 4 is 35.0 Å². The molecule has 1 atom stereocenters. The van der Waals surface area contributed by atoms with Gasteiger partial charge in [-0.05, 0) is 55.7 Å². The number of carbonyl (C=O) groups is 2. The van der Waals surface area contributed by atoms with Crippen molar-refractivity contribution in [2.24, 2.45) is 0 Å². The van der Waals surface area contributed by atoms with E-state index in [1.54, 1.807) is 31.2 Å². The van der Waals surface area contributed by atoms with E-state index in [1.165, 1.54) is 4.90 Å². The van der Waals surface area contributed by atoms with Gasteiger partial charge in [0, 0.05) is 13.1 Å². The summed E-state index contributed by atoms with van der Waals surface area (Å²) in [7, 11) is 0. The maximum atomic E-state index is 13.0. The molecule has 2 amide bonds. The minimum absolute atomic E-state index is 0.169. The number of hydrogen-bond donors (Lipinski definition) is 1. The Bertz CT molecular complexity index is 873. The summed E-state index contributed by atoms with van der Waals surface area (Å²) in [6.07, 6.45) is 1.86. The molecule has 0 unspecified atom stereocenters. The molecular weight excluding hydrogens is 423 g/mol. The van der Waals surface area contributed by atoms with Crippen molar-refractivity contribution in [1.82, 2.24) is 10.2 Å². The maximum absolute atomic E-state index is 13.0. The van der Waals surface area contributed by atoms with Gasteiger partial charge in [-0.25, -0.2) is 0 Å². The molecule has 162 valence electrons. The number of carbonyl (C=O) groups excluding carboxylic acids is 2. The van der Waals surface area contributed by atoms with E-state index >= 15 is 0 Å². The highest BCUT2D eigenvalue weighted by molar-refractivity contribution is 6.42. The number of benzene rings is 2. The molecule has 2 aromatic rings. The number of nitrogens with zero attached hydrogens (tertiary/aromatic N) is 1. The highest BCUT2D eigenvalue weighted by Gasteiger charge is 2.26. The van der Waals surface area contributed by atoms with Crippen LogP contribution in [0.4, 0.5) is 0 Å². The molecule has 5 nitrogen and oxygen atoms in total.